The smallest absolute Gasteiger partial charge is 0.128 e. The zero-order valence-corrected chi connectivity index (χ0v) is 8.89. The number of hydrogen-bond donors (Lipinski definition) is 1. The summed E-state index contributed by atoms with van der Waals surface area (Å²) in [7, 11) is 0. The first-order valence-electron chi connectivity index (χ1n) is 5.18. The highest BCUT2D eigenvalue weighted by Crippen LogP contribution is 2.28. The van der Waals surface area contributed by atoms with Crippen molar-refractivity contribution in [3.8, 4) is 0 Å². The summed E-state index contributed by atoms with van der Waals surface area (Å²) < 4.78 is 13.5. The SMILES string of the molecule is CCCC(N)(CC)c1ccccc1F. The highest BCUT2D eigenvalue weighted by Gasteiger charge is 2.26. The molecule has 0 fully saturated rings. The van der Waals surface area contributed by atoms with E-state index in [9.17, 15) is 4.39 Å². The first-order valence-corrected chi connectivity index (χ1v) is 5.18. The summed E-state index contributed by atoms with van der Waals surface area (Å²) in [5.74, 6) is -0.190. The molecule has 1 aromatic carbocycles. The lowest BCUT2D eigenvalue weighted by Crippen LogP contribution is -2.36. The molecule has 0 heterocycles. The van der Waals surface area contributed by atoms with Crippen LogP contribution in [-0.4, -0.2) is 0 Å². The quantitative estimate of drug-likeness (QED) is 0.784. The topological polar surface area (TPSA) is 26.0 Å². The standard InChI is InChI=1S/C12H18FN/c1-3-9-12(14,4-2)10-7-5-6-8-11(10)13/h5-8H,3-4,9,14H2,1-2H3. The van der Waals surface area contributed by atoms with E-state index in [1.807, 2.05) is 13.0 Å². The molecular formula is C12H18FN. The third-order valence-electron chi connectivity index (χ3n) is 2.74. The molecule has 1 rings (SSSR count). The van der Waals surface area contributed by atoms with Crippen molar-refractivity contribution >= 4 is 0 Å². The molecule has 0 aromatic heterocycles. The highest BCUT2D eigenvalue weighted by molar-refractivity contribution is 5.25. The molecule has 0 saturated carbocycles. The fourth-order valence-electron chi connectivity index (χ4n) is 1.81. The van der Waals surface area contributed by atoms with Crippen LogP contribution in [0.1, 0.15) is 38.7 Å². The molecule has 14 heavy (non-hydrogen) atoms. The lowest BCUT2D eigenvalue weighted by Gasteiger charge is -2.28. The second-order valence-corrected chi connectivity index (χ2v) is 3.74. The van der Waals surface area contributed by atoms with Gasteiger partial charge in [0.1, 0.15) is 5.82 Å². The minimum atomic E-state index is -0.500. The van der Waals surface area contributed by atoms with Crippen molar-refractivity contribution in [3.63, 3.8) is 0 Å². The van der Waals surface area contributed by atoms with Crippen molar-refractivity contribution in [2.24, 2.45) is 5.73 Å². The van der Waals surface area contributed by atoms with Crippen LogP contribution < -0.4 is 5.73 Å². The van der Waals surface area contributed by atoms with Gasteiger partial charge in [0.25, 0.3) is 0 Å². The van der Waals surface area contributed by atoms with Crippen molar-refractivity contribution in [1.29, 1.82) is 0 Å². The lowest BCUT2D eigenvalue weighted by atomic mass is 9.84. The number of rotatable bonds is 4. The van der Waals surface area contributed by atoms with Crippen molar-refractivity contribution in [3.05, 3.63) is 35.6 Å². The molecular weight excluding hydrogens is 177 g/mol. The van der Waals surface area contributed by atoms with Crippen LogP contribution in [0.15, 0.2) is 24.3 Å². The van der Waals surface area contributed by atoms with Crippen molar-refractivity contribution in [2.75, 3.05) is 0 Å². The van der Waals surface area contributed by atoms with Crippen LogP contribution in [-0.2, 0) is 5.54 Å². The third kappa shape index (κ3) is 2.13. The molecule has 0 spiro atoms. The Kier molecular flexibility index (Phi) is 3.64. The molecule has 78 valence electrons. The zero-order chi connectivity index (χ0) is 10.6. The maximum Gasteiger partial charge on any atom is 0.128 e. The van der Waals surface area contributed by atoms with Crippen LogP contribution in [0.4, 0.5) is 4.39 Å². The molecule has 1 nitrogen and oxygen atoms in total. The Labute approximate surface area is 85.1 Å². The van der Waals surface area contributed by atoms with E-state index in [0.29, 0.717) is 5.56 Å². The van der Waals surface area contributed by atoms with Crippen LogP contribution in [0.2, 0.25) is 0 Å². The van der Waals surface area contributed by atoms with Gasteiger partial charge in [0.2, 0.25) is 0 Å². The average molecular weight is 195 g/mol. The number of nitrogens with two attached hydrogens (primary N) is 1. The monoisotopic (exact) mass is 195 g/mol. The van der Waals surface area contributed by atoms with Crippen LogP contribution in [0.3, 0.4) is 0 Å². The summed E-state index contributed by atoms with van der Waals surface area (Å²) in [5.41, 5.74) is 6.33. The molecule has 1 aromatic rings. The Morgan fingerprint density at radius 2 is 1.93 bits per heavy atom. The number of halogens is 1. The predicted octanol–water partition coefficient (Wildman–Crippen LogP) is 3.19. The maximum atomic E-state index is 13.5. The summed E-state index contributed by atoms with van der Waals surface area (Å²) in [6.45, 7) is 4.07. The van der Waals surface area contributed by atoms with Gasteiger partial charge in [-0.3, -0.25) is 0 Å². The largest absolute Gasteiger partial charge is 0.321 e. The summed E-state index contributed by atoms with van der Waals surface area (Å²) in [6, 6.07) is 6.79. The molecule has 0 aliphatic rings. The van der Waals surface area contributed by atoms with Gasteiger partial charge >= 0.3 is 0 Å². The molecule has 0 aliphatic heterocycles. The van der Waals surface area contributed by atoms with Crippen molar-refractivity contribution in [1.82, 2.24) is 0 Å². The number of hydrogen-bond acceptors (Lipinski definition) is 1. The van der Waals surface area contributed by atoms with E-state index in [1.54, 1.807) is 12.1 Å². The van der Waals surface area contributed by atoms with E-state index in [-0.39, 0.29) is 5.82 Å². The van der Waals surface area contributed by atoms with Gasteiger partial charge in [-0.15, -0.1) is 0 Å². The maximum absolute atomic E-state index is 13.5. The Balaban J connectivity index is 3.05. The van der Waals surface area contributed by atoms with Gasteiger partial charge in [-0.05, 0) is 18.9 Å². The first-order chi connectivity index (χ1) is 6.64. The summed E-state index contributed by atoms with van der Waals surface area (Å²) in [4.78, 5) is 0. The summed E-state index contributed by atoms with van der Waals surface area (Å²) >= 11 is 0. The van der Waals surface area contributed by atoms with E-state index >= 15 is 0 Å². The van der Waals surface area contributed by atoms with E-state index < -0.39 is 5.54 Å². The fraction of sp³-hybridized carbons (Fsp3) is 0.500. The summed E-state index contributed by atoms with van der Waals surface area (Å²) in [6.07, 6.45) is 2.56. The molecule has 2 heteroatoms. The zero-order valence-electron chi connectivity index (χ0n) is 8.89. The first kappa shape index (κ1) is 11.2. The third-order valence-corrected chi connectivity index (χ3v) is 2.74. The fourth-order valence-corrected chi connectivity index (χ4v) is 1.81. The van der Waals surface area contributed by atoms with Gasteiger partial charge in [0, 0.05) is 11.1 Å². The molecule has 1 atom stereocenters. The summed E-state index contributed by atoms with van der Waals surface area (Å²) in [5, 5.41) is 0. The number of benzene rings is 1. The average Bonchev–Trinajstić information content (AvgIpc) is 2.18. The Morgan fingerprint density at radius 3 is 2.43 bits per heavy atom. The van der Waals surface area contributed by atoms with E-state index in [0.717, 1.165) is 19.3 Å². The minimum absolute atomic E-state index is 0.190. The van der Waals surface area contributed by atoms with Gasteiger partial charge in [-0.1, -0.05) is 38.5 Å². The molecule has 1 unspecified atom stereocenters. The molecule has 2 N–H and O–H groups in total. The van der Waals surface area contributed by atoms with Gasteiger partial charge in [-0.2, -0.15) is 0 Å². The second kappa shape index (κ2) is 4.56. The van der Waals surface area contributed by atoms with Crippen molar-refractivity contribution < 1.29 is 4.39 Å². The molecule has 0 radical (unpaired) electrons. The Hall–Kier alpha value is -0.890. The lowest BCUT2D eigenvalue weighted by molar-refractivity contribution is 0.372. The van der Waals surface area contributed by atoms with Crippen LogP contribution >= 0.6 is 0 Å². The van der Waals surface area contributed by atoms with Gasteiger partial charge in [0.05, 0.1) is 0 Å². The molecule has 0 bridgehead atoms. The predicted molar refractivity (Wildman–Crippen MR) is 57.5 cm³/mol. The van der Waals surface area contributed by atoms with Crippen LogP contribution in [0.25, 0.3) is 0 Å². The van der Waals surface area contributed by atoms with Crippen LogP contribution in [0, 0.1) is 5.82 Å². The highest BCUT2D eigenvalue weighted by atomic mass is 19.1. The van der Waals surface area contributed by atoms with E-state index in [4.69, 9.17) is 5.73 Å². The van der Waals surface area contributed by atoms with Crippen LogP contribution in [0.5, 0.6) is 0 Å². The molecule has 0 amide bonds. The minimum Gasteiger partial charge on any atom is -0.321 e. The molecule has 0 aliphatic carbocycles. The van der Waals surface area contributed by atoms with Gasteiger partial charge < -0.3 is 5.73 Å². The van der Waals surface area contributed by atoms with Gasteiger partial charge in [-0.25, -0.2) is 4.39 Å². The molecule has 0 saturated heterocycles. The van der Waals surface area contributed by atoms with Gasteiger partial charge in [0.15, 0.2) is 0 Å². The van der Waals surface area contributed by atoms with E-state index in [1.165, 1.54) is 6.07 Å². The Morgan fingerprint density at radius 1 is 1.29 bits per heavy atom. The Bertz CT molecular complexity index is 298. The van der Waals surface area contributed by atoms with Crippen molar-refractivity contribution in [2.45, 2.75) is 38.6 Å². The normalized spacial score (nSPS) is 15.1. The van der Waals surface area contributed by atoms with E-state index in [2.05, 4.69) is 6.92 Å². The second-order valence-electron chi connectivity index (χ2n) is 3.74.